The summed E-state index contributed by atoms with van der Waals surface area (Å²) in [6.07, 6.45) is 2.90. The fourth-order valence-electron chi connectivity index (χ4n) is 7.64. The molecule has 5 atom stereocenters. The van der Waals surface area contributed by atoms with Crippen LogP contribution in [0.25, 0.3) is 0 Å². The molecule has 11 nitrogen and oxygen atoms in total. The third-order valence-corrected chi connectivity index (χ3v) is 9.83. The largest absolute Gasteiger partial charge is 0.507 e. The van der Waals surface area contributed by atoms with Gasteiger partial charge in [-0.3, -0.25) is 38.5 Å². The Morgan fingerprint density at radius 2 is 1.64 bits per heavy atom. The summed E-state index contributed by atoms with van der Waals surface area (Å²) >= 11 is 0. The van der Waals surface area contributed by atoms with E-state index in [2.05, 4.69) is 0 Å². The van der Waals surface area contributed by atoms with Crippen molar-refractivity contribution < 1.29 is 43.8 Å². The predicted molar refractivity (Wildman–Crippen MR) is 152 cm³/mol. The maximum Gasteiger partial charge on any atom is 0.261 e. The third kappa shape index (κ3) is 4.16. The Morgan fingerprint density at radius 3 is 2.25 bits per heavy atom. The van der Waals surface area contributed by atoms with E-state index in [4.69, 9.17) is 5.73 Å². The number of phenolic OH excluding ortho intramolecular Hbond substituents is 1. The first-order valence-corrected chi connectivity index (χ1v) is 14.9. The van der Waals surface area contributed by atoms with Crippen LogP contribution in [-0.4, -0.2) is 61.6 Å². The van der Waals surface area contributed by atoms with Gasteiger partial charge in [-0.1, -0.05) is 31.9 Å². The van der Waals surface area contributed by atoms with Crippen LogP contribution in [0.15, 0.2) is 30.3 Å². The van der Waals surface area contributed by atoms with E-state index < -0.39 is 82.3 Å². The van der Waals surface area contributed by atoms with Gasteiger partial charge in [-0.25, -0.2) is 0 Å². The van der Waals surface area contributed by atoms with Crippen LogP contribution in [0.1, 0.15) is 86.8 Å². The van der Waals surface area contributed by atoms with Crippen LogP contribution in [0.3, 0.4) is 0 Å². The number of carbonyl (C=O) groups excluding carboxylic acids is 7. The minimum absolute atomic E-state index is 0.00695. The molecule has 1 heterocycles. The number of Topliss-reactive ketones (excluding diaryl/α,β-unsaturated/α-hetero) is 4. The molecule has 0 saturated heterocycles. The van der Waals surface area contributed by atoms with Crippen molar-refractivity contribution in [2.45, 2.75) is 64.0 Å². The number of nitrogens with two attached hydrogens (primary N) is 1. The monoisotopic (exact) mass is 600 g/mol. The van der Waals surface area contributed by atoms with Crippen molar-refractivity contribution in [3.63, 3.8) is 0 Å². The summed E-state index contributed by atoms with van der Waals surface area (Å²) in [5, 5.41) is 23.0. The van der Waals surface area contributed by atoms with Crippen molar-refractivity contribution in [1.82, 2.24) is 4.90 Å². The lowest BCUT2D eigenvalue weighted by atomic mass is 9.53. The normalized spacial score (nSPS) is 27.6. The lowest BCUT2D eigenvalue weighted by Crippen LogP contribution is -2.68. The number of carbonyl (C=O) groups is 7. The number of aryl methyl sites for hydroxylation is 1. The Kier molecular flexibility index (Phi) is 7.11. The average molecular weight is 601 g/mol. The van der Waals surface area contributed by atoms with Gasteiger partial charge in [-0.2, -0.15) is 0 Å². The van der Waals surface area contributed by atoms with Gasteiger partial charge in [0.2, 0.25) is 5.91 Å². The maximum atomic E-state index is 14.2. The summed E-state index contributed by atoms with van der Waals surface area (Å²) in [4.78, 5) is 93.0. The van der Waals surface area contributed by atoms with Gasteiger partial charge in [0.15, 0.2) is 34.7 Å². The minimum atomic E-state index is -2.74. The summed E-state index contributed by atoms with van der Waals surface area (Å²) < 4.78 is 0. The molecule has 4 N–H and O–H groups in total. The van der Waals surface area contributed by atoms with Gasteiger partial charge < -0.3 is 15.9 Å². The third-order valence-electron chi connectivity index (χ3n) is 9.83. The Bertz CT molecular complexity index is 1660. The molecule has 2 aromatic carbocycles. The number of hydrogen-bond donors (Lipinski definition) is 3. The SMILES string of the molecule is CCCCCc1cc(CN2C(=O)c3ccccc3C2=O)c(O)c2c1C[C@H]1C[C@H]3CC(=O)C(C(N)=O)C(=O)[C@@]3(O)C(=O)C1C2=O. The Morgan fingerprint density at radius 1 is 0.977 bits per heavy atom. The second kappa shape index (κ2) is 10.6. The zero-order valence-electron chi connectivity index (χ0n) is 24.1. The molecule has 6 rings (SSSR count). The Labute approximate surface area is 252 Å². The highest BCUT2D eigenvalue weighted by Crippen LogP contribution is 2.51. The van der Waals surface area contributed by atoms with E-state index in [1.807, 2.05) is 6.92 Å². The maximum absolute atomic E-state index is 14.2. The van der Waals surface area contributed by atoms with Crippen LogP contribution in [0.4, 0.5) is 0 Å². The van der Waals surface area contributed by atoms with Crippen molar-refractivity contribution >= 4 is 40.9 Å². The molecule has 3 aliphatic carbocycles. The summed E-state index contributed by atoms with van der Waals surface area (Å²) in [7, 11) is 0. The molecule has 0 aromatic heterocycles. The van der Waals surface area contributed by atoms with E-state index in [1.165, 1.54) is 12.1 Å². The molecule has 2 saturated carbocycles. The fourth-order valence-corrected chi connectivity index (χ4v) is 7.64. The number of fused-ring (bicyclic) bond motifs is 4. The zero-order chi connectivity index (χ0) is 31.7. The van der Waals surface area contributed by atoms with E-state index in [9.17, 15) is 43.8 Å². The number of aliphatic hydroxyl groups is 1. The molecule has 2 unspecified atom stereocenters. The number of rotatable bonds is 7. The van der Waals surface area contributed by atoms with E-state index in [-0.39, 0.29) is 41.6 Å². The molecule has 228 valence electrons. The average Bonchev–Trinajstić information content (AvgIpc) is 3.21. The highest BCUT2D eigenvalue weighted by Gasteiger charge is 2.66. The Balaban J connectivity index is 1.41. The lowest BCUT2D eigenvalue weighted by Gasteiger charge is -2.48. The molecular weight excluding hydrogens is 568 g/mol. The van der Waals surface area contributed by atoms with Gasteiger partial charge in [-0.15, -0.1) is 0 Å². The van der Waals surface area contributed by atoms with Gasteiger partial charge >= 0.3 is 0 Å². The first-order chi connectivity index (χ1) is 20.9. The van der Waals surface area contributed by atoms with Crippen LogP contribution in [-0.2, 0) is 38.6 Å². The number of phenols is 1. The van der Waals surface area contributed by atoms with Gasteiger partial charge in [0.25, 0.3) is 11.8 Å². The summed E-state index contributed by atoms with van der Waals surface area (Å²) in [5.41, 5.74) is 4.29. The number of benzene rings is 2. The topological polar surface area (TPSA) is 189 Å². The van der Waals surface area contributed by atoms with Crippen molar-refractivity contribution in [3.05, 3.63) is 63.7 Å². The van der Waals surface area contributed by atoms with Crippen molar-refractivity contribution in [3.8, 4) is 5.75 Å². The fraction of sp³-hybridized carbons (Fsp3) is 0.424. The van der Waals surface area contributed by atoms with Crippen molar-refractivity contribution in [2.75, 3.05) is 0 Å². The van der Waals surface area contributed by atoms with Gasteiger partial charge in [-0.05, 0) is 60.9 Å². The number of aromatic hydroxyl groups is 1. The van der Waals surface area contributed by atoms with E-state index in [1.54, 1.807) is 18.2 Å². The van der Waals surface area contributed by atoms with Crippen LogP contribution in [0.2, 0.25) is 0 Å². The molecular formula is C33H32N2O9. The first kappa shape index (κ1) is 29.6. The molecule has 2 fully saturated rings. The molecule has 3 amide bonds. The zero-order valence-corrected chi connectivity index (χ0v) is 24.1. The number of nitrogens with zero attached hydrogens (tertiary/aromatic N) is 1. The first-order valence-electron chi connectivity index (χ1n) is 14.9. The summed E-state index contributed by atoms with van der Waals surface area (Å²) in [6, 6.07) is 8.06. The molecule has 11 heteroatoms. The van der Waals surface area contributed by atoms with Crippen LogP contribution in [0, 0.1) is 23.7 Å². The second-order valence-corrected chi connectivity index (χ2v) is 12.3. The van der Waals surface area contributed by atoms with E-state index in [0.717, 1.165) is 29.7 Å². The molecule has 44 heavy (non-hydrogen) atoms. The highest BCUT2D eigenvalue weighted by atomic mass is 16.3. The molecule has 1 aliphatic heterocycles. The lowest BCUT2D eigenvalue weighted by molar-refractivity contribution is -0.175. The smallest absolute Gasteiger partial charge is 0.261 e. The van der Waals surface area contributed by atoms with E-state index in [0.29, 0.717) is 12.0 Å². The number of unbranched alkanes of at least 4 members (excludes halogenated alkanes) is 2. The molecule has 4 aliphatic rings. The molecule has 0 spiro atoms. The number of ketones is 4. The highest BCUT2D eigenvalue weighted by molar-refractivity contribution is 6.31. The number of imide groups is 1. The number of primary amides is 1. The minimum Gasteiger partial charge on any atom is -0.507 e. The molecule has 2 aromatic rings. The van der Waals surface area contributed by atoms with Crippen LogP contribution >= 0.6 is 0 Å². The second-order valence-electron chi connectivity index (χ2n) is 12.3. The quantitative estimate of drug-likeness (QED) is 0.242. The van der Waals surface area contributed by atoms with Crippen molar-refractivity contribution in [1.29, 1.82) is 0 Å². The molecule has 0 radical (unpaired) electrons. The van der Waals surface area contributed by atoms with Gasteiger partial charge in [0, 0.05) is 17.9 Å². The number of hydrogen-bond acceptors (Lipinski definition) is 9. The summed E-state index contributed by atoms with van der Waals surface area (Å²) in [5.74, 6) is -12.0. The van der Waals surface area contributed by atoms with Gasteiger partial charge in [0.1, 0.15) is 5.75 Å². The number of amides is 3. The predicted octanol–water partition coefficient (Wildman–Crippen LogP) is 1.86. The van der Waals surface area contributed by atoms with Gasteiger partial charge in [0.05, 0.1) is 29.2 Å². The standard InChI is InChI=1S/C33H32N2O9/c1-2-3-4-7-15-10-17(14-35-31(42)19-8-5-6-9-20(19)32(35)43)26(37)24-21(15)12-16-11-18-13-22(36)25(30(34)41)29(40)33(18,44)28(39)23(16)27(24)38/h5-6,8-10,16,18,23,25,37,44H,2-4,7,11-14H2,1H3,(H2,34,41)/t16-,18+,23?,25?,33+/m1/s1. The van der Waals surface area contributed by atoms with E-state index >= 15 is 0 Å². The molecule has 0 bridgehead atoms. The van der Waals surface area contributed by atoms with Crippen LogP contribution in [0.5, 0.6) is 5.75 Å². The van der Waals surface area contributed by atoms with Crippen molar-refractivity contribution in [2.24, 2.45) is 29.4 Å². The Hall–Kier alpha value is -4.51. The van der Waals surface area contributed by atoms with Crippen LogP contribution < -0.4 is 5.73 Å². The summed E-state index contributed by atoms with van der Waals surface area (Å²) in [6.45, 7) is 1.73.